The molecule has 0 saturated carbocycles. The van der Waals surface area contributed by atoms with Gasteiger partial charge in [0.2, 0.25) is 12.7 Å². The monoisotopic (exact) mass is 339 g/mol. The molecule has 1 atom stereocenters. The van der Waals surface area contributed by atoms with Crippen molar-refractivity contribution >= 4 is 11.9 Å². The molecule has 6 heteroatoms. The highest BCUT2D eigenvalue weighted by atomic mass is 16.7. The normalized spacial score (nSPS) is 18.5. The first-order chi connectivity index (χ1) is 12.2. The van der Waals surface area contributed by atoms with Crippen LogP contribution in [0, 0.1) is 5.92 Å². The van der Waals surface area contributed by atoms with Gasteiger partial charge >= 0.3 is 5.97 Å². The van der Waals surface area contributed by atoms with Crippen molar-refractivity contribution in [3.8, 4) is 17.2 Å². The SMILES string of the molecule is O=C(Oc1ccc2c(c1)OCO2)[C@H]1CC(=O)N(Cc2ccccc2)C1. The van der Waals surface area contributed by atoms with Gasteiger partial charge in [0.15, 0.2) is 11.5 Å². The second-order valence-corrected chi connectivity index (χ2v) is 6.10. The number of fused-ring (bicyclic) bond motifs is 1. The van der Waals surface area contributed by atoms with Crippen molar-refractivity contribution in [2.24, 2.45) is 5.92 Å². The molecule has 0 unspecified atom stereocenters. The Labute approximate surface area is 144 Å². The van der Waals surface area contributed by atoms with Gasteiger partial charge in [0.05, 0.1) is 5.92 Å². The second-order valence-electron chi connectivity index (χ2n) is 6.10. The van der Waals surface area contributed by atoms with Gasteiger partial charge in [-0.1, -0.05) is 30.3 Å². The zero-order chi connectivity index (χ0) is 17.2. The quantitative estimate of drug-likeness (QED) is 0.632. The Morgan fingerprint density at radius 2 is 1.92 bits per heavy atom. The third kappa shape index (κ3) is 3.28. The Kier molecular flexibility index (Phi) is 4.01. The molecular formula is C19H17NO5. The van der Waals surface area contributed by atoms with E-state index < -0.39 is 11.9 Å². The first-order valence-electron chi connectivity index (χ1n) is 8.12. The molecule has 128 valence electrons. The highest BCUT2D eigenvalue weighted by Gasteiger charge is 2.35. The molecule has 0 radical (unpaired) electrons. The molecule has 2 aliphatic rings. The summed E-state index contributed by atoms with van der Waals surface area (Å²) in [6.45, 7) is 1.04. The van der Waals surface area contributed by atoms with E-state index in [-0.39, 0.29) is 19.1 Å². The van der Waals surface area contributed by atoms with Crippen LogP contribution < -0.4 is 14.2 Å². The molecule has 0 bridgehead atoms. The Hall–Kier alpha value is -3.02. The summed E-state index contributed by atoms with van der Waals surface area (Å²) in [4.78, 5) is 26.3. The molecule has 1 amide bonds. The van der Waals surface area contributed by atoms with Crippen molar-refractivity contribution in [1.82, 2.24) is 4.90 Å². The minimum atomic E-state index is -0.457. The highest BCUT2D eigenvalue weighted by molar-refractivity contribution is 5.87. The summed E-state index contributed by atoms with van der Waals surface area (Å²) in [6.07, 6.45) is 0.177. The van der Waals surface area contributed by atoms with Crippen LogP contribution in [0.3, 0.4) is 0 Å². The molecule has 2 aliphatic heterocycles. The van der Waals surface area contributed by atoms with Crippen LogP contribution in [0.2, 0.25) is 0 Å². The van der Waals surface area contributed by atoms with E-state index in [1.54, 1.807) is 23.1 Å². The summed E-state index contributed by atoms with van der Waals surface area (Å²) >= 11 is 0. The Bertz CT molecular complexity index is 805. The van der Waals surface area contributed by atoms with Gasteiger partial charge in [0.25, 0.3) is 0 Å². The lowest BCUT2D eigenvalue weighted by Gasteiger charge is -2.16. The molecule has 2 heterocycles. The van der Waals surface area contributed by atoms with E-state index in [0.717, 1.165) is 5.56 Å². The van der Waals surface area contributed by atoms with Crippen molar-refractivity contribution in [2.75, 3.05) is 13.3 Å². The number of rotatable bonds is 4. The summed E-state index contributed by atoms with van der Waals surface area (Å²) < 4.78 is 15.9. The second kappa shape index (κ2) is 6.47. The molecule has 1 fully saturated rings. The maximum absolute atomic E-state index is 12.4. The topological polar surface area (TPSA) is 65.1 Å². The minimum absolute atomic E-state index is 0.0310. The predicted molar refractivity (Wildman–Crippen MR) is 88.2 cm³/mol. The van der Waals surface area contributed by atoms with Crippen LogP contribution in [-0.4, -0.2) is 30.1 Å². The summed E-state index contributed by atoms with van der Waals surface area (Å²) in [7, 11) is 0. The number of likely N-dealkylation sites (tertiary alicyclic amines) is 1. The zero-order valence-corrected chi connectivity index (χ0v) is 13.5. The average molecular weight is 339 g/mol. The first-order valence-corrected chi connectivity index (χ1v) is 8.12. The van der Waals surface area contributed by atoms with Crippen LogP contribution in [0.25, 0.3) is 0 Å². The number of benzene rings is 2. The first kappa shape index (κ1) is 15.5. The van der Waals surface area contributed by atoms with Crippen LogP contribution in [0.15, 0.2) is 48.5 Å². The molecule has 0 aliphatic carbocycles. The van der Waals surface area contributed by atoms with Crippen molar-refractivity contribution < 1.29 is 23.8 Å². The number of amides is 1. The van der Waals surface area contributed by atoms with Crippen LogP contribution in [-0.2, 0) is 16.1 Å². The Morgan fingerprint density at radius 1 is 1.12 bits per heavy atom. The average Bonchev–Trinajstić information content (AvgIpc) is 3.22. The fourth-order valence-corrected chi connectivity index (χ4v) is 3.03. The van der Waals surface area contributed by atoms with Gasteiger partial charge in [-0.25, -0.2) is 0 Å². The van der Waals surface area contributed by atoms with Gasteiger partial charge in [-0.3, -0.25) is 9.59 Å². The van der Waals surface area contributed by atoms with Crippen LogP contribution in [0.5, 0.6) is 17.2 Å². The van der Waals surface area contributed by atoms with Gasteiger partial charge < -0.3 is 19.1 Å². The van der Waals surface area contributed by atoms with E-state index in [4.69, 9.17) is 14.2 Å². The molecule has 0 N–H and O–H groups in total. The molecule has 2 aromatic carbocycles. The van der Waals surface area contributed by atoms with Crippen molar-refractivity contribution in [3.05, 3.63) is 54.1 Å². The third-order valence-electron chi connectivity index (χ3n) is 4.33. The third-order valence-corrected chi connectivity index (χ3v) is 4.33. The Morgan fingerprint density at radius 3 is 2.76 bits per heavy atom. The lowest BCUT2D eigenvalue weighted by molar-refractivity contribution is -0.139. The van der Waals surface area contributed by atoms with E-state index in [2.05, 4.69) is 0 Å². The number of esters is 1. The largest absolute Gasteiger partial charge is 0.454 e. The van der Waals surface area contributed by atoms with Crippen LogP contribution >= 0.6 is 0 Å². The summed E-state index contributed by atoms with van der Waals surface area (Å²) in [6, 6.07) is 14.7. The van der Waals surface area contributed by atoms with E-state index in [1.807, 2.05) is 30.3 Å². The maximum Gasteiger partial charge on any atom is 0.316 e. The summed E-state index contributed by atoms with van der Waals surface area (Å²) in [5.74, 6) is 0.687. The van der Waals surface area contributed by atoms with Gasteiger partial charge in [-0.2, -0.15) is 0 Å². The molecule has 4 rings (SSSR count). The molecule has 2 aromatic rings. The van der Waals surface area contributed by atoms with Gasteiger partial charge in [-0.05, 0) is 17.7 Å². The van der Waals surface area contributed by atoms with E-state index in [1.165, 1.54) is 0 Å². The van der Waals surface area contributed by atoms with Gasteiger partial charge in [0.1, 0.15) is 5.75 Å². The highest BCUT2D eigenvalue weighted by Crippen LogP contribution is 2.35. The van der Waals surface area contributed by atoms with E-state index in [0.29, 0.717) is 30.3 Å². The smallest absolute Gasteiger partial charge is 0.316 e. The summed E-state index contributed by atoms with van der Waals surface area (Å²) in [5.41, 5.74) is 1.04. The Balaban J connectivity index is 1.39. The van der Waals surface area contributed by atoms with Crippen molar-refractivity contribution in [3.63, 3.8) is 0 Å². The zero-order valence-electron chi connectivity index (χ0n) is 13.5. The maximum atomic E-state index is 12.4. The molecule has 1 saturated heterocycles. The number of hydrogen-bond acceptors (Lipinski definition) is 5. The number of nitrogens with zero attached hydrogens (tertiary/aromatic N) is 1. The van der Waals surface area contributed by atoms with Gasteiger partial charge in [0, 0.05) is 25.6 Å². The number of hydrogen-bond donors (Lipinski definition) is 0. The van der Waals surface area contributed by atoms with Crippen LogP contribution in [0.1, 0.15) is 12.0 Å². The lowest BCUT2D eigenvalue weighted by atomic mass is 10.1. The fraction of sp³-hybridized carbons (Fsp3) is 0.263. The van der Waals surface area contributed by atoms with Crippen LogP contribution in [0.4, 0.5) is 0 Å². The van der Waals surface area contributed by atoms with E-state index in [9.17, 15) is 9.59 Å². The van der Waals surface area contributed by atoms with Crippen molar-refractivity contribution in [1.29, 1.82) is 0 Å². The molecule has 0 aromatic heterocycles. The standard InChI is InChI=1S/C19H17NO5/c21-18-8-14(11-20(18)10-13-4-2-1-3-5-13)19(22)25-15-6-7-16-17(9-15)24-12-23-16/h1-7,9,14H,8,10-12H2/t14-/m0/s1. The number of carbonyl (C=O) groups is 2. The number of carbonyl (C=O) groups excluding carboxylic acids is 2. The number of ether oxygens (including phenoxy) is 3. The predicted octanol–water partition coefficient (Wildman–Crippen LogP) is 2.37. The van der Waals surface area contributed by atoms with E-state index >= 15 is 0 Å². The minimum Gasteiger partial charge on any atom is -0.454 e. The molecule has 6 nitrogen and oxygen atoms in total. The van der Waals surface area contributed by atoms with Gasteiger partial charge in [-0.15, -0.1) is 0 Å². The summed E-state index contributed by atoms with van der Waals surface area (Å²) in [5, 5.41) is 0. The molecule has 0 spiro atoms. The lowest BCUT2D eigenvalue weighted by Crippen LogP contribution is -2.27. The van der Waals surface area contributed by atoms with Crippen molar-refractivity contribution in [2.45, 2.75) is 13.0 Å². The fourth-order valence-electron chi connectivity index (χ4n) is 3.03. The molecule has 25 heavy (non-hydrogen) atoms. The molecular weight excluding hydrogens is 322 g/mol.